The summed E-state index contributed by atoms with van der Waals surface area (Å²) in [5, 5.41) is 4.08. The number of sulfonamides is 1. The minimum Gasteiger partial charge on any atom is -0.266 e. The van der Waals surface area contributed by atoms with Crippen molar-refractivity contribution in [3.05, 3.63) is 51.8 Å². The second-order valence-corrected chi connectivity index (χ2v) is 8.30. The minimum absolute atomic E-state index is 0.255. The molecule has 0 saturated heterocycles. The summed E-state index contributed by atoms with van der Waals surface area (Å²) in [6.07, 6.45) is 3.67. The summed E-state index contributed by atoms with van der Waals surface area (Å²) in [6.45, 7) is 0. The fourth-order valence-electron chi connectivity index (χ4n) is 2.50. The molecule has 0 atom stereocenters. The van der Waals surface area contributed by atoms with Crippen LogP contribution in [0.15, 0.2) is 34.9 Å². The summed E-state index contributed by atoms with van der Waals surface area (Å²) >= 11 is 3.30. The van der Waals surface area contributed by atoms with Crippen LogP contribution in [-0.4, -0.2) is 24.1 Å². The summed E-state index contributed by atoms with van der Waals surface area (Å²) in [5.41, 5.74) is 1.75. The van der Waals surface area contributed by atoms with Gasteiger partial charge in [0.15, 0.2) is 0 Å². The zero-order chi connectivity index (χ0) is 16.6. The van der Waals surface area contributed by atoms with E-state index in [1.807, 2.05) is 6.07 Å². The number of hydrogen-bond donors (Lipinski definition) is 1. The van der Waals surface area contributed by atoms with Crippen LogP contribution in [0.3, 0.4) is 0 Å². The predicted molar refractivity (Wildman–Crippen MR) is 89.4 cm³/mol. The normalized spacial score (nSPS) is 14.7. The van der Waals surface area contributed by atoms with Gasteiger partial charge in [0.2, 0.25) is 10.0 Å². The summed E-state index contributed by atoms with van der Waals surface area (Å²) in [5.74, 6) is -0.562. The number of nitrogens with zero attached hydrogens (tertiary/aromatic N) is 2. The van der Waals surface area contributed by atoms with Crippen molar-refractivity contribution in [2.24, 2.45) is 7.05 Å². The Balaban J connectivity index is 1.78. The molecule has 1 saturated carbocycles. The number of aromatic nitrogens is 2. The molecular formula is C15H16BrN3O3S. The molecule has 8 heteroatoms. The van der Waals surface area contributed by atoms with Crippen molar-refractivity contribution >= 4 is 31.9 Å². The van der Waals surface area contributed by atoms with Gasteiger partial charge in [-0.15, -0.1) is 0 Å². The molecule has 1 aliphatic rings. The molecule has 0 bridgehead atoms. The highest BCUT2D eigenvalue weighted by Gasteiger charge is 2.32. The number of hydrogen-bond acceptors (Lipinski definition) is 4. The topological polar surface area (TPSA) is 81.1 Å². The van der Waals surface area contributed by atoms with Gasteiger partial charge in [-0.25, -0.2) is 13.1 Å². The molecule has 1 amide bonds. The number of rotatable bonds is 5. The lowest BCUT2D eigenvalue weighted by Gasteiger charge is -2.09. The van der Waals surface area contributed by atoms with Gasteiger partial charge in [0.25, 0.3) is 5.91 Å². The van der Waals surface area contributed by atoms with Gasteiger partial charge in [0.05, 0.1) is 11.9 Å². The summed E-state index contributed by atoms with van der Waals surface area (Å²) < 4.78 is 28.9. The van der Waals surface area contributed by atoms with Crippen LogP contribution in [-0.2, 0) is 22.8 Å². The molecule has 0 radical (unpaired) electrons. The fraction of sp³-hybridized carbons (Fsp3) is 0.333. The number of halogens is 1. The first-order chi connectivity index (χ1) is 10.9. The Morgan fingerprint density at radius 3 is 2.83 bits per heavy atom. The van der Waals surface area contributed by atoms with Crippen molar-refractivity contribution in [2.75, 3.05) is 0 Å². The highest BCUT2D eigenvalue weighted by Crippen LogP contribution is 2.41. The van der Waals surface area contributed by atoms with Crippen molar-refractivity contribution in [1.29, 1.82) is 0 Å². The van der Waals surface area contributed by atoms with Crippen molar-refractivity contribution in [3.63, 3.8) is 0 Å². The third kappa shape index (κ3) is 3.81. The number of aryl methyl sites for hydroxylation is 1. The second-order valence-electron chi connectivity index (χ2n) is 5.67. The molecule has 1 aliphatic carbocycles. The lowest BCUT2D eigenvalue weighted by atomic mass is 10.1. The molecular weight excluding hydrogens is 382 g/mol. The van der Waals surface area contributed by atoms with Crippen molar-refractivity contribution in [3.8, 4) is 0 Å². The van der Waals surface area contributed by atoms with E-state index in [1.54, 1.807) is 31.4 Å². The number of carbonyl (C=O) groups excluding carboxylic acids is 1. The summed E-state index contributed by atoms with van der Waals surface area (Å²) in [4.78, 5) is 12.4. The third-order valence-electron chi connectivity index (χ3n) is 3.69. The van der Waals surface area contributed by atoms with Crippen LogP contribution in [0.2, 0.25) is 0 Å². The molecule has 23 heavy (non-hydrogen) atoms. The van der Waals surface area contributed by atoms with E-state index in [-0.39, 0.29) is 5.75 Å². The molecule has 0 spiro atoms. The molecule has 2 aromatic rings. The van der Waals surface area contributed by atoms with Gasteiger partial charge in [0, 0.05) is 17.1 Å². The van der Waals surface area contributed by atoms with E-state index in [0.717, 1.165) is 22.9 Å². The van der Waals surface area contributed by atoms with Crippen LogP contribution in [0.4, 0.5) is 0 Å². The molecule has 122 valence electrons. The van der Waals surface area contributed by atoms with Crippen LogP contribution in [0.1, 0.15) is 40.4 Å². The van der Waals surface area contributed by atoms with E-state index in [1.165, 1.54) is 4.68 Å². The van der Waals surface area contributed by atoms with E-state index in [0.29, 0.717) is 17.2 Å². The van der Waals surface area contributed by atoms with Crippen LogP contribution in [0.25, 0.3) is 0 Å². The number of nitrogens with one attached hydrogen (secondary N) is 1. The fourth-order valence-corrected chi connectivity index (χ4v) is 4.01. The first-order valence-corrected chi connectivity index (χ1v) is 9.61. The Morgan fingerprint density at radius 1 is 1.43 bits per heavy atom. The van der Waals surface area contributed by atoms with Crippen LogP contribution >= 0.6 is 15.9 Å². The Hall–Kier alpha value is -1.67. The molecule has 6 nitrogen and oxygen atoms in total. The zero-order valence-corrected chi connectivity index (χ0v) is 14.9. The van der Waals surface area contributed by atoms with Crippen molar-refractivity contribution in [1.82, 2.24) is 14.5 Å². The van der Waals surface area contributed by atoms with Gasteiger partial charge >= 0.3 is 0 Å². The number of carbonyl (C=O) groups is 1. The Kier molecular flexibility index (Phi) is 4.29. The standard InChI is InChI=1S/C15H16BrN3O3S/c1-19-14(13(8-17-19)11-5-6-11)15(20)18-23(21,22)9-10-3-2-4-12(16)7-10/h2-4,7-8,11H,5-6,9H2,1H3,(H,18,20). The highest BCUT2D eigenvalue weighted by atomic mass is 79.9. The molecule has 1 aromatic heterocycles. The number of amides is 1. The molecule has 1 heterocycles. The maximum atomic E-state index is 12.4. The lowest BCUT2D eigenvalue weighted by molar-refractivity contribution is 0.0971. The van der Waals surface area contributed by atoms with Gasteiger partial charge in [0.1, 0.15) is 5.69 Å². The Morgan fingerprint density at radius 2 is 2.17 bits per heavy atom. The quantitative estimate of drug-likeness (QED) is 0.838. The Bertz CT molecular complexity index is 857. The van der Waals surface area contributed by atoms with Crippen molar-refractivity contribution in [2.45, 2.75) is 24.5 Å². The van der Waals surface area contributed by atoms with E-state index in [9.17, 15) is 13.2 Å². The molecule has 1 aromatic carbocycles. The van der Waals surface area contributed by atoms with E-state index in [4.69, 9.17) is 0 Å². The first kappa shape index (κ1) is 16.2. The van der Waals surface area contributed by atoms with Gasteiger partial charge in [-0.1, -0.05) is 28.1 Å². The third-order valence-corrected chi connectivity index (χ3v) is 5.40. The van der Waals surface area contributed by atoms with Crippen molar-refractivity contribution < 1.29 is 13.2 Å². The average Bonchev–Trinajstić information content (AvgIpc) is 3.20. The number of benzene rings is 1. The van der Waals surface area contributed by atoms with Gasteiger partial charge < -0.3 is 0 Å². The minimum atomic E-state index is -3.78. The van der Waals surface area contributed by atoms with Gasteiger partial charge in [-0.2, -0.15) is 5.10 Å². The second kappa shape index (κ2) is 6.09. The maximum absolute atomic E-state index is 12.4. The average molecular weight is 398 g/mol. The van der Waals surface area contributed by atoms with Gasteiger partial charge in [-0.3, -0.25) is 9.48 Å². The maximum Gasteiger partial charge on any atom is 0.283 e. The SMILES string of the molecule is Cn1ncc(C2CC2)c1C(=O)NS(=O)(=O)Cc1cccc(Br)c1. The summed E-state index contributed by atoms with van der Waals surface area (Å²) in [7, 11) is -2.14. The van der Waals surface area contributed by atoms with Crippen LogP contribution in [0, 0.1) is 0 Å². The van der Waals surface area contributed by atoms with E-state index >= 15 is 0 Å². The molecule has 1 fully saturated rings. The molecule has 0 aliphatic heterocycles. The van der Waals surface area contributed by atoms with E-state index in [2.05, 4.69) is 25.8 Å². The smallest absolute Gasteiger partial charge is 0.266 e. The summed E-state index contributed by atoms with van der Waals surface area (Å²) in [6, 6.07) is 6.98. The monoisotopic (exact) mass is 397 g/mol. The largest absolute Gasteiger partial charge is 0.283 e. The van der Waals surface area contributed by atoms with Crippen LogP contribution < -0.4 is 4.72 Å². The lowest BCUT2D eigenvalue weighted by Crippen LogP contribution is -2.33. The molecule has 3 rings (SSSR count). The van der Waals surface area contributed by atoms with Crippen LogP contribution in [0.5, 0.6) is 0 Å². The Labute approximate surface area is 143 Å². The zero-order valence-electron chi connectivity index (χ0n) is 12.5. The highest BCUT2D eigenvalue weighted by molar-refractivity contribution is 9.10. The first-order valence-electron chi connectivity index (χ1n) is 7.17. The predicted octanol–water partition coefficient (Wildman–Crippen LogP) is 2.32. The molecule has 0 unspecified atom stereocenters. The van der Waals surface area contributed by atoms with E-state index < -0.39 is 15.9 Å². The molecule has 1 N–H and O–H groups in total. The van der Waals surface area contributed by atoms with Gasteiger partial charge in [-0.05, 0) is 36.5 Å².